The molecule has 100 valence electrons. The van der Waals surface area contributed by atoms with Gasteiger partial charge in [0.1, 0.15) is 0 Å². The molecule has 0 bridgehead atoms. The molecule has 0 spiro atoms. The lowest BCUT2D eigenvalue weighted by molar-refractivity contribution is 0.0910. The fraction of sp³-hybridized carbons (Fsp3) is 0.438. The third kappa shape index (κ3) is 2.52. The Labute approximate surface area is 118 Å². The average molecular weight is 273 g/mol. The second kappa shape index (κ2) is 4.64. The summed E-state index contributed by atoms with van der Waals surface area (Å²) in [5.41, 5.74) is 3.66. The first-order valence-electron chi connectivity index (χ1n) is 6.77. The summed E-state index contributed by atoms with van der Waals surface area (Å²) in [6.45, 7) is 5.34. The zero-order chi connectivity index (χ0) is 13.5. The van der Waals surface area contributed by atoms with Crippen LogP contribution in [-0.2, 0) is 19.4 Å². The molecular weight excluding hydrogens is 254 g/mol. The molecule has 2 aromatic heterocycles. The van der Waals surface area contributed by atoms with Gasteiger partial charge in [-0.05, 0) is 46.7 Å². The number of rotatable bonds is 3. The molecule has 3 heteroatoms. The van der Waals surface area contributed by atoms with Crippen molar-refractivity contribution in [2.75, 3.05) is 0 Å². The monoisotopic (exact) mass is 273 g/mol. The van der Waals surface area contributed by atoms with Crippen molar-refractivity contribution in [3.05, 3.63) is 45.9 Å². The number of carbonyl (C=O) groups is 1. The predicted molar refractivity (Wildman–Crippen MR) is 78.9 cm³/mol. The van der Waals surface area contributed by atoms with E-state index in [9.17, 15) is 4.79 Å². The number of carbonyl (C=O) groups excluding carboxylic acids is 1. The molecule has 0 aromatic carbocycles. The molecule has 0 unspecified atom stereocenters. The number of ketones is 1. The number of aryl methyl sites for hydroxylation is 2. The van der Waals surface area contributed by atoms with Gasteiger partial charge in [0.05, 0.1) is 0 Å². The molecule has 2 heterocycles. The maximum atomic E-state index is 12.1. The van der Waals surface area contributed by atoms with Gasteiger partial charge in [-0.1, -0.05) is 13.8 Å². The number of Topliss-reactive ketones (excluding diaryl/α,β-unsaturated/α-hetero) is 1. The van der Waals surface area contributed by atoms with Crippen LogP contribution in [0.1, 0.15) is 41.9 Å². The van der Waals surface area contributed by atoms with Crippen LogP contribution < -0.4 is 0 Å². The van der Waals surface area contributed by atoms with Crippen molar-refractivity contribution < 1.29 is 4.79 Å². The summed E-state index contributed by atoms with van der Waals surface area (Å²) in [7, 11) is 0. The van der Waals surface area contributed by atoms with Crippen molar-refractivity contribution in [1.82, 2.24) is 4.57 Å². The maximum absolute atomic E-state index is 12.1. The highest BCUT2D eigenvalue weighted by Crippen LogP contribution is 2.35. The molecule has 0 radical (unpaired) electrons. The lowest BCUT2D eigenvalue weighted by atomic mass is 9.76. The molecule has 1 aliphatic rings. The van der Waals surface area contributed by atoms with Crippen LogP contribution in [0.4, 0.5) is 0 Å². The summed E-state index contributed by atoms with van der Waals surface area (Å²) in [5.74, 6) is 0.306. The number of aromatic nitrogens is 1. The van der Waals surface area contributed by atoms with Gasteiger partial charge in [0.25, 0.3) is 0 Å². The first kappa shape index (κ1) is 12.7. The minimum absolute atomic E-state index is 0.0998. The van der Waals surface area contributed by atoms with Gasteiger partial charge in [-0.15, -0.1) is 0 Å². The van der Waals surface area contributed by atoms with Crippen molar-refractivity contribution in [1.29, 1.82) is 0 Å². The standard InChI is InChI=1S/C16H19NOS/c1-16(2)9-14-13(15(18)10-16)4-7-17(14)6-3-12-5-8-19-11-12/h4-5,7-8,11H,3,6,9-10H2,1-2H3. The highest BCUT2D eigenvalue weighted by Gasteiger charge is 2.32. The molecule has 0 fully saturated rings. The largest absolute Gasteiger partial charge is 0.350 e. The van der Waals surface area contributed by atoms with E-state index in [2.05, 4.69) is 41.4 Å². The van der Waals surface area contributed by atoms with E-state index in [1.54, 1.807) is 11.3 Å². The lowest BCUT2D eigenvalue weighted by Gasteiger charge is -2.29. The van der Waals surface area contributed by atoms with Crippen LogP contribution in [0.15, 0.2) is 29.1 Å². The molecule has 0 saturated heterocycles. The Morgan fingerprint density at radius 2 is 2.16 bits per heavy atom. The summed E-state index contributed by atoms with van der Waals surface area (Å²) < 4.78 is 2.27. The summed E-state index contributed by atoms with van der Waals surface area (Å²) in [6, 6.07) is 4.18. The van der Waals surface area contributed by atoms with E-state index in [0.29, 0.717) is 12.2 Å². The Hall–Kier alpha value is -1.35. The fourth-order valence-corrected chi connectivity index (χ4v) is 3.60. The van der Waals surface area contributed by atoms with Gasteiger partial charge >= 0.3 is 0 Å². The van der Waals surface area contributed by atoms with Crippen LogP contribution in [0.2, 0.25) is 0 Å². The Morgan fingerprint density at radius 3 is 2.89 bits per heavy atom. The molecule has 0 saturated carbocycles. The van der Waals surface area contributed by atoms with E-state index < -0.39 is 0 Å². The van der Waals surface area contributed by atoms with Crippen LogP contribution in [-0.4, -0.2) is 10.4 Å². The zero-order valence-corrected chi connectivity index (χ0v) is 12.3. The van der Waals surface area contributed by atoms with Crippen molar-refractivity contribution in [3.63, 3.8) is 0 Å². The van der Waals surface area contributed by atoms with Gasteiger partial charge in [0.15, 0.2) is 5.78 Å². The summed E-state index contributed by atoms with van der Waals surface area (Å²) >= 11 is 1.74. The topological polar surface area (TPSA) is 22.0 Å². The van der Waals surface area contributed by atoms with Crippen molar-refractivity contribution >= 4 is 17.1 Å². The molecule has 0 atom stereocenters. The van der Waals surface area contributed by atoms with E-state index in [4.69, 9.17) is 0 Å². The first-order valence-corrected chi connectivity index (χ1v) is 7.72. The summed E-state index contributed by atoms with van der Waals surface area (Å²) in [5, 5.41) is 4.32. The summed E-state index contributed by atoms with van der Waals surface area (Å²) in [4.78, 5) is 12.1. The fourth-order valence-electron chi connectivity index (χ4n) is 2.90. The van der Waals surface area contributed by atoms with E-state index in [-0.39, 0.29) is 5.41 Å². The second-order valence-electron chi connectivity index (χ2n) is 6.19. The SMILES string of the molecule is CC1(C)CC(=O)c2ccn(CCc3ccsc3)c2C1. The third-order valence-corrected chi connectivity index (χ3v) is 4.62. The lowest BCUT2D eigenvalue weighted by Crippen LogP contribution is -2.28. The van der Waals surface area contributed by atoms with Gasteiger partial charge in [-0.3, -0.25) is 4.79 Å². The normalized spacial score (nSPS) is 17.5. The Balaban J connectivity index is 1.82. The number of thiophene rings is 1. The van der Waals surface area contributed by atoms with Crippen LogP contribution in [0.3, 0.4) is 0 Å². The molecular formula is C16H19NOS. The molecule has 19 heavy (non-hydrogen) atoms. The van der Waals surface area contributed by atoms with Gasteiger partial charge in [-0.25, -0.2) is 0 Å². The van der Waals surface area contributed by atoms with Crippen LogP contribution in [0.25, 0.3) is 0 Å². The van der Waals surface area contributed by atoms with E-state index >= 15 is 0 Å². The molecule has 2 nitrogen and oxygen atoms in total. The number of hydrogen-bond acceptors (Lipinski definition) is 2. The molecule has 1 aliphatic carbocycles. The average Bonchev–Trinajstić information content (AvgIpc) is 2.93. The highest BCUT2D eigenvalue weighted by atomic mass is 32.1. The highest BCUT2D eigenvalue weighted by molar-refractivity contribution is 7.07. The Bertz CT molecular complexity index is 592. The van der Waals surface area contributed by atoms with Crippen molar-refractivity contribution in [2.24, 2.45) is 5.41 Å². The van der Waals surface area contributed by atoms with Crippen molar-refractivity contribution in [2.45, 2.75) is 39.7 Å². The van der Waals surface area contributed by atoms with E-state index in [1.807, 2.05) is 6.07 Å². The van der Waals surface area contributed by atoms with E-state index in [0.717, 1.165) is 24.9 Å². The van der Waals surface area contributed by atoms with Gasteiger partial charge < -0.3 is 4.57 Å². The van der Waals surface area contributed by atoms with Crippen molar-refractivity contribution in [3.8, 4) is 0 Å². The second-order valence-corrected chi connectivity index (χ2v) is 6.97. The molecule has 3 rings (SSSR count). The number of hydrogen-bond donors (Lipinski definition) is 0. The number of nitrogens with zero attached hydrogens (tertiary/aromatic N) is 1. The van der Waals surface area contributed by atoms with Gasteiger partial charge in [0, 0.05) is 30.4 Å². The van der Waals surface area contributed by atoms with Crippen LogP contribution in [0.5, 0.6) is 0 Å². The minimum atomic E-state index is 0.0998. The Kier molecular flexibility index (Phi) is 3.09. The van der Waals surface area contributed by atoms with Gasteiger partial charge in [0.2, 0.25) is 0 Å². The Morgan fingerprint density at radius 1 is 1.32 bits per heavy atom. The predicted octanol–water partition coefficient (Wildman–Crippen LogP) is 3.95. The minimum Gasteiger partial charge on any atom is -0.350 e. The molecule has 0 amide bonds. The zero-order valence-electron chi connectivity index (χ0n) is 11.5. The van der Waals surface area contributed by atoms with Crippen LogP contribution >= 0.6 is 11.3 Å². The molecule has 0 aliphatic heterocycles. The molecule has 2 aromatic rings. The molecule has 0 N–H and O–H groups in total. The smallest absolute Gasteiger partial charge is 0.165 e. The number of fused-ring (bicyclic) bond motifs is 1. The quantitative estimate of drug-likeness (QED) is 0.830. The maximum Gasteiger partial charge on any atom is 0.165 e. The van der Waals surface area contributed by atoms with Gasteiger partial charge in [-0.2, -0.15) is 11.3 Å². The first-order chi connectivity index (χ1) is 9.05. The van der Waals surface area contributed by atoms with Crippen LogP contribution in [0, 0.1) is 5.41 Å². The van der Waals surface area contributed by atoms with E-state index in [1.165, 1.54) is 11.3 Å². The third-order valence-electron chi connectivity index (χ3n) is 3.89. The summed E-state index contributed by atoms with van der Waals surface area (Å²) in [6.07, 6.45) is 4.80.